The van der Waals surface area contributed by atoms with Crippen LogP contribution in [0.15, 0.2) is 54.9 Å². The van der Waals surface area contributed by atoms with Gasteiger partial charge in [-0.15, -0.1) is 0 Å². The second-order valence-corrected chi connectivity index (χ2v) is 8.04. The molecular weight excluding hydrogens is 334 g/mol. The first kappa shape index (κ1) is 18.9. The van der Waals surface area contributed by atoms with Crippen molar-refractivity contribution in [1.82, 2.24) is 10.3 Å². The van der Waals surface area contributed by atoms with Gasteiger partial charge in [0.25, 0.3) is 0 Å². The van der Waals surface area contributed by atoms with Gasteiger partial charge in [-0.1, -0.05) is 51.1 Å². The fourth-order valence-electron chi connectivity index (χ4n) is 3.29. The number of carbonyl (C=O) groups is 1. The Bertz CT molecular complexity index is 968. The monoisotopic (exact) mass is 361 g/mol. The number of benzene rings is 2. The Morgan fingerprint density at radius 1 is 1.11 bits per heavy atom. The summed E-state index contributed by atoms with van der Waals surface area (Å²) in [6.45, 7) is 10.7. The lowest BCUT2D eigenvalue weighted by Gasteiger charge is -2.23. The standard InChI is InChI=1S/C23H27N3O/c1-15-13-18(23(3,4)5)9-10-19(15)16(2)25-22(27)26-21-8-6-7-17-14-24-12-11-20(17)21/h6-14,16H,1-5H3,(H2,25,26,27). The van der Waals surface area contributed by atoms with Gasteiger partial charge >= 0.3 is 6.03 Å². The number of nitrogens with one attached hydrogen (secondary N) is 2. The molecule has 0 radical (unpaired) electrons. The normalized spacial score (nSPS) is 12.6. The molecule has 0 bridgehead atoms. The van der Waals surface area contributed by atoms with Gasteiger partial charge in [-0.3, -0.25) is 4.98 Å². The molecular formula is C23H27N3O. The molecule has 3 rings (SSSR count). The van der Waals surface area contributed by atoms with Crippen LogP contribution in [0.2, 0.25) is 0 Å². The number of amides is 2. The van der Waals surface area contributed by atoms with E-state index in [4.69, 9.17) is 0 Å². The Balaban J connectivity index is 1.74. The third kappa shape index (κ3) is 4.27. The summed E-state index contributed by atoms with van der Waals surface area (Å²) >= 11 is 0. The zero-order valence-corrected chi connectivity index (χ0v) is 16.6. The maximum absolute atomic E-state index is 12.5. The zero-order chi connectivity index (χ0) is 19.6. The molecule has 1 atom stereocenters. The van der Waals surface area contributed by atoms with Crippen molar-refractivity contribution in [3.05, 3.63) is 71.5 Å². The summed E-state index contributed by atoms with van der Waals surface area (Å²) in [5.41, 5.74) is 4.50. The molecule has 2 amide bonds. The molecule has 0 saturated heterocycles. The van der Waals surface area contributed by atoms with Crippen LogP contribution in [-0.2, 0) is 5.41 Å². The van der Waals surface area contributed by atoms with Gasteiger partial charge in [-0.05, 0) is 48.1 Å². The van der Waals surface area contributed by atoms with Crippen molar-refractivity contribution in [2.24, 2.45) is 0 Å². The number of aryl methyl sites for hydroxylation is 1. The van der Waals surface area contributed by atoms with Crippen LogP contribution in [0.25, 0.3) is 10.8 Å². The van der Waals surface area contributed by atoms with E-state index >= 15 is 0 Å². The average molecular weight is 361 g/mol. The van der Waals surface area contributed by atoms with E-state index in [0.29, 0.717) is 0 Å². The molecule has 1 aromatic heterocycles. The van der Waals surface area contributed by atoms with Crippen molar-refractivity contribution < 1.29 is 4.79 Å². The predicted molar refractivity (Wildman–Crippen MR) is 112 cm³/mol. The van der Waals surface area contributed by atoms with E-state index in [2.05, 4.69) is 61.5 Å². The lowest BCUT2D eigenvalue weighted by molar-refractivity contribution is 0.249. The number of carbonyl (C=O) groups excluding carboxylic acids is 1. The topological polar surface area (TPSA) is 54.0 Å². The summed E-state index contributed by atoms with van der Waals surface area (Å²) in [6.07, 6.45) is 3.52. The number of nitrogens with zero attached hydrogens (tertiary/aromatic N) is 1. The van der Waals surface area contributed by atoms with Crippen molar-refractivity contribution in [1.29, 1.82) is 0 Å². The molecule has 0 spiro atoms. The van der Waals surface area contributed by atoms with E-state index in [1.807, 2.05) is 31.2 Å². The zero-order valence-electron chi connectivity index (χ0n) is 16.6. The molecule has 0 aliphatic rings. The third-order valence-corrected chi connectivity index (χ3v) is 4.88. The van der Waals surface area contributed by atoms with Crippen molar-refractivity contribution in [3.8, 4) is 0 Å². The molecule has 0 aliphatic carbocycles. The van der Waals surface area contributed by atoms with E-state index < -0.39 is 0 Å². The van der Waals surface area contributed by atoms with Crippen LogP contribution in [0.5, 0.6) is 0 Å². The number of hydrogen-bond donors (Lipinski definition) is 2. The molecule has 1 heterocycles. The lowest BCUT2D eigenvalue weighted by atomic mass is 9.85. The van der Waals surface area contributed by atoms with E-state index in [0.717, 1.165) is 22.0 Å². The van der Waals surface area contributed by atoms with E-state index in [9.17, 15) is 4.79 Å². The van der Waals surface area contributed by atoms with Gasteiger partial charge in [0, 0.05) is 23.2 Å². The van der Waals surface area contributed by atoms with Gasteiger partial charge < -0.3 is 10.6 Å². The highest BCUT2D eigenvalue weighted by molar-refractivity contribution is 6.01. The molecule has 4 nitrogen and oxygen atoms in total. The van der Waals surface area contributed by atoms with Gasteiger partial charge in [-0.25, -0.2) is 4.79 Å². The minimum atomic E-state index is -0.217. The molecule has 0 aliphatic heterocycles. The number of anilines is 1. The number of aromatic nitrogens is 1. The predicted octanol–water partition coefficient (Wildman–Crippen LogP) is 5.72. The maximum atomic E-state index is 12.5. The molecule has 1 unspecified atom stereocenters. The molecule has 140 valence electrons. The van der Waals surface area contributed by atoms with Crippen LogP contribution in [0.3, 0.4) is 0 Å². The van der Waals surface area contributed by atoms with Gasteiger partial charge in [-0.2, -0.15) is 0 Å². The first-order chi connectivity index (χ1) is 12.8. The van der Waals surface area contributed by atoms with Crippen molar-refractivity contribution in [2.75, 3.05) is 5.32 Å². The smallest absolute Gasteiger partial charge is 0.319 e. The van der Waals surface area contributed by atoms with Crippen molar-refractivity contribution >= 4 is 22.5 Å². The average Bonchev–Trinajstić information content (AvgIpc) is 2.61. The molecule has 3 aromatic rings. The Morgan fingerprint density at radius 3 is 2.59 bits per heavy atom. The summed E-state index contributed by atoms with van der Waals surface area (Å²) < 4.78 is 0. The molecule has 0 saturated carbocycles. The first-order valence-electron chi connectivity index (χ1n) is 9.27. The summed E-state index contributed by atoms with van der Waals surface area (Å²) in [5.74, 6) is 0. The summed E-state index contributed by atoms with van der Waals surface area (Å²) in [4.78, 5) is 16.7. The van der Waals surface area contributed by atoms with Crippen molar-refractivity contribution in [2.45, 2.75) is 46.1 Å². The Labute approximate surface area is 161 Å². The summed E-state index contributed by atoms with van der Waals surface area (Å²) in [7, 11) is 0. The quantitative estimate of drug-likeness (QED) is 0.626. The minimum absolute atomic E-state index is 0.0874. The van der Waals surface area contributed by atoms with Crippen LogP contribution in [0.4, 0.5) is 10.5 Å². The Hall–Kier alpha value is -2.88. The highest BCUT2D eigenvalue weighted by Gasteiger charge is 2.17. The highest BCUT2D eigenvalue weighted by atomic mass is 16.2. The van der Waals surface area contributed by atoms with Crippen molar-refractivity contribution in [3.63, 3.8) is 0 Å². The number of pyridine rings is 1. The Morgan fingerprint density at radius 2 is 1.89 bits per heavy atom. The van der Waals surface area contributed by atoms with Crippen LogP contribution in [0, 0.1) is 6.92 Å². The van der Waals surface area contributed by atoms with Gasteiger partial charge in [0.2, 0.25) is 0 Å². The second-order valence-electron chi connectivity index (χ2n) is 8.04. The van der Waals surface area contributed by atoms with E-state index in [-0.39, 0.29) is 17.5 Å². The second kappa shape index (κ2) is 7.39. The molecule has 27 heavy (non-hydrogen) atoms. The summed E-state index contributed by atoms with van der Waals surface area (Å²) in [5, 5.41) is 7.98. The van der Waals surface area contributed by atoms with Crippen LogP contribution < -0.4 is 10.6 Å². The largest absolute Gasteiger partial charge is 0.331 e. The van der Waals surface area contributed by atoms with E-state index in [1.54, 1.807) is 12.4 Å². The van der Waals surface area contributed by atoms with E-state index in [1.165, 1.54) is 11.1 Å². The number of hydrogen-bond acceptors (Lipinski definition) is 2. The fourth-order valence-corrected chi connectivity index (χ4v) is 3.29. The summed E-state index contributed by atoms with van der Waals surface area (Å²) in [6, 6.07) is 13.9. The number of urea groups is 1. The Kier molecular flexibility index (Phi) is 5.17. The van der Waals surface area contributed by atoms with Gasteiger partial charge in [0.15, 0.2) is 0 Å². The molecule has 2 N–H and O–H groups in total. The highest BCUT2D eigenvalue weighted by Crippen LogP contribution is 2.27. The molecule has 4 heteroatoms. The number of rotatable bonds is 3. The first-order valence-corrected chi connectivity index (χ1v) is 9.27. The third-order valence-electron chi connectivity index (χ3n) is 4.88. The molecule has 2 aromatic carbocycles. The van der Waals surface area contributed by atoms with Crippen LogP contribution in [0.1, 0.15) is 50.4 Å². The van der Waals surface area contributed by atoms with Gasteiger partial charge in [0.05, 0.1) is 11.7 Å². The maximum Gasteiger partial charge on any atom is 0.319 e. The fraction of sp³-hybridized carbons (Fsp3) is 0.304. The minimum Gasteiger partial charge on any atom is -0.331 e. The lowest BCUT2D eigenvalue weighted by Crippen LogP contribution is -2.31. The SMILES string of the molecule is Cc1cc(C(C)(C)C)ccc1C(C)NC(=O)Nc1cccc2cnccc12. The number of fused-ring (bicyclic) bond motifs is 1. The van der Waals surface area contributed by atoms with Gasteiger partial charge in [0.1, 0.15) is 0 Å². The molecule has 0 fully saturated rings. The van der Waals surface area contributed by atoms with Crippen LogP contribution >= 0.6 is 0 Å². The van der Waals surface area contributed by atoms with Crippen LogP contribution in [-0.4, -0.2) is 11.0 Å².